The zero-order valence-corrected chi connectivity index (χ0v) is 19.0. The van der Waals surface area contributed by atoms with Crippen LogP contribution in [0.2, 0.25) is 0 Å². The fourth-order valence-corrected chi connectivity index (χ4v) is 3.77. The van der Waals surface area contributed by atoms with Crippen molar-refractivity contribution in [2.75, 3.05) is 27.9 Å². The first kappa shape index (κ1) is 23.7. The van der Waals surface area contributed by atoms with Gasteiger partial charge in [0.1, 0.15) is 18.3 Å². The molecule has 0 radical (unpaired) electrons. The van der Waals surface area contributed by atoms with E-state index in [9.17, 15) is 9.59 Å². The quantitative estimate of drug-likeness (QED) is 0.319. The van der Waals surface area contributed by atoms with Gasteiger partial charge in [-0.25, -0.2) is 4.79 Å². The summed E-state index contributed by atoms with van der Waals surface area (Å²) in [6.45, 7) is 1.80. The molecule has 2 rings (SSSR count). The van der Waals surface area contributed by atoms with Gasteiger partial charge in [-0.2, -0.15) is 0 Å². The average molecular weight is 519 g/mol. The van der Waals surface area contributed by atoms with Crippen molar-refractivity contribution >= 4 is 34.5 Å². The smallest absolute Gasteiger partial charge is 0.330 e. The zero-order valence-electron chi connectivity index (χ0n) is 16.8. The first-order valence-electron chi connectivity index (χ1n) is 9.06. The van der Waals surface area contributed by atoms with Crippen LogP contribution in [-0.2, 0) is 28.5 Å². The predicted molar refractivity (Wildman–Crippen MR) is 113 cm³/mol. The van der Waals surface area contributed by atoms with Crippen LogP contribution in [0.3, 0.4) is 0 Å². The Labute approximate surface area is 184 Å². The monoisotopic (exact) mass is 519 g/mol. The SMILES string of the molecule is C/C=C/C(=O)O[C@H]1[C@H](OC)[C@@H](OC)[C@@H](OC)O[C@@H]1CNC(=O)c1ccccc1I. The van der Waals surface area contributed by atoms with Gasteiger partial charge in [0, 0.05) is 37.5 Å². The highest BCUT2D eigenvalue weighted by molar-refractivity contribution is 14.1. The first-order valence-corrected chi connectivity index (χ1v) is 10.1. The minimum atomic E-state index is -0.810. The van der Waals surface area contributed by atoms with E-state index in [2.05, 4.69) is 27.9 Å². The fourth-order valence-electron chi connectivity index (χ4n) is 3.13. The highest BCUT2D eigenvalue weighted by Crippen LogP contribution is 2.28. The number of esters is 1. The summed E-state index contributed by atoms with van der Waals surface area (Å²) < 4.78 is 28.7. The molecule has 0 aromatic heterocycles. The number of benzene rings is 1. The molecular weight excluding hydrogens is 493 g/mol. The number of hydrogen-bond acceptors (Lipinski definition) is 7. The molecule has 160 valence electrons. The van der Waals surface area contributed by atoms with Gasteiger partial charge in [0.2, 0.25) is 0 Å². The second-order valence-corrected chi connectivity index (χ2v) is 7.43. The molecule has 9 heteroatoms. The second-order valence-electron chi connectivity index (χ2n) is 6.27. The summed E-state index contributed by atoms with van der Waals surface area (Å²) >= 11 is 2.10. The van der Waals surface area contributed by atoms with E-state index in [0.717, 1.165) is 3.57 Å². The Bertz CT molecular complexity index is 727. The third kappa shape index (κ3) is 5.98. The lowest BCUT2D eigenvalue weighted by Gasteiger charge is -2.44. The maximum absolute atomic E-state index is 12.6. The maximum Gasteiger partial charge on any atom is 0.330 e. The molecule has 1 heterocycles. The van der Waals surface area contributed by atoms with Crippen molar-refractivity contribution in [1.82, 2.24) is 5.32 Å². The number of halogens is 1. The number of carbonyl (C=O) groups is 2. The van der Waals surface area contributed by atoms with Gasteiger partial charge >= 0.3 is 5.97 Å². The van der Waals surface area contributed by atoms with Crippen LogP contribution in [0.4, 0.5) is 0 Å². The first-order chi connectivity index (χ1) is 14.0. The third-order valence-electron chi connectivity index (χ3n) is 4.51. The summed E-state index contributed by atoms with van der Waals surface area (Å²) in [5.41, 5.74) is 0.549. The van der Waals surface area contributed by atoms with Crippen LogP contribution >= 0.6 is 22.6 Å². The van der Waals surface area contributed by atoms with Crippen molar-refractivity contribution in [3.8, 4) is 0 Å². The maximum atomic E-state index is 12.6. The Kier molecular flexibility index (Phi) is 9.50. The Balaban J connectivity index is 2.20. The Morgan fingerprint density at radius 1 is 1.10 bits per heavy atom. The summed E-state index contributed by atoms with van der Waals surface area (Å²) in [5, 5.41) is 2.84. The molecule has 29 heavy (non-hydrogen) atoms. The van der Waals surface area contributed by atoms with Crippen molar-refractivity contribution in [3.05, 3.63) is 45.6 Å². The van der Waals surface area contributed by atoms with Gasteiger partial charge in [-0.15, -0.1) is 0 Å². The van der Waals surface area contributed by atoms with Crippen LogP contribution in [-0.4, -0.2) is 70.5 Å². The molecule has 1 saturated heterocycles. The number of amides is 1. The second kappa shape index (κ2) is 11.6. The molecule has 8 nitrogen and oxygen atoms in total. The number of allylic oxidation sites excluding steroid dienone is 1. The van der Waals surface area contributed by atoms with E-state index >= 15 is 0 Å². The summed E-state index contributed by atoms with van der Waals surface area (Å²) in [4.78, 5) is 24.7. The average Bonchev–Trinajstić information content (AvgIpc) is 2.72. The number of methoxy groups -OCH3 is 3. The minimum absolute atomic E-state index is 0.0910. The molecule has 1 N–H and O–H groups in total. The number of ether oxygens (including phenoxy) is 5. The Morgan fingerprint density at radius 2 is 1.79 bits per heavy atom. The summed E-state index contributed by atoms with van der Waals surface area (Å²) in [6, 6.07) is 7.23. The van der Waals surface area contributed by atoms with E-state index in [0.29, 0.717) is 5.56 Å². The molecule has 0 aliphatic carbocycles. The molecular formula is C20H26INO7. The normalized spacial score (nSPS) is 27.0. The molecule has 0 saturated carbocycles. The number of nitrogens with one attached hydrogen (secondary N) is 1. The molecule has 1 fully saturated rings. The van der Waals surface area contributed by atoms with Crippen LogP contribution in [0.5, 0.6) is 0 Å². The lowest BCUT2D eigenvalue weighted by atomic mass is 9.97. The van der Waals surface area contributed by atoms with Crippen molar-refractivity contribution < 1.29 is 33.3 Å². The molecule has 1 aliphatic heterocycles. The number of rotatable bonds is 8. The van der Waals surface area contributed by atoms with E-state index < -0.39 is 36.7 Å². The predicted octanol–water partition coefficient (Wildman–Crippen LogP) is 1.91. The Hall–Kier alpha value is -1.53. The largest absolute Gasteiger partial charge is 0.453 e. The zero-order chi connectivity index (χ0) is 21.4. The minimum Gasteiger partial charge on any atom is -0.453 e. The van der Waals surface area contributed by atoms with Crippen LogP contribution in [0.15, 0.2) is 36.4 Å². The molecule has 0 bridgehead atoms. The molecule has 0 unspecified atom stereocenters. The Morgan fingerprint density at radius 3 is 2.38 bits per heavy atom. The number of hydrogen-bond donors (Lipinski definition) is 1. The topological polar surface area (TPSA) is 92.3 Å². The lowest BCUT2D eigenvalue weighted by molar-refractivity contribution is -0.299. The van der Waals surface area contributed by atoms with E-state index in [4.69, 9.17) is 23.7 Å². The van der Waals surface area contributed by atoms with Crippen molar-refractivity contribution in [1.29, 1.82) is 0 Å². The molecule has 1 aromatic carbocycles. The van der Waals surface area contributed by atoms with Crippen LogP contribution in [0, 0.1) is 3.57 Å². The highest BCUT2D eigenvalue weighted by Gasteiger charge is 2.49. The van der Waals surface area contributed by atoms with Crippen molar-refractivity contribution in [2.45, 2.75) is 37.6 Å². The molecule has 1 aromatic rings. The van der Waals surface area contributed by atoms with E-state index in [1.165, 1.54) is 27.4 Å². The van der Waals surface area contributed by atoms with Crippen LogP contribution in [0.25, 0.3) is 0 Å². The van der Waals surface area contributed by atoms with E-state index in [-0.39, 0.29) is 12.5 Å². The highest BCUT2D eigenvalue weighted by atomic mass is 127. The van der Waals surface area contributed by atoms with Gasteiger partial charge in [0.25, 0.3) is 5.91 Å². The van der Waals surface area contributed by atoms with Crippen molar-refractivity contribution in [3.63, 3.8) is 0 Å². The van der Waals surface area contributed by atoms with Gasteiger partial charge in [-0.3, -0.25) is 4.79 Å². The van der Waals surface area contributed by atoms with Gasteiger partial charge in [0.15, 0.2) is 12.4 Å². The van der Waals surface area contributed by atoms with E-state index in [1.807, 2.05) is 12.1 Å². The summed E-state index contributed by atoms with van der Waals surface area (Å²) in [7, 11) is 4.47. The third-order valence-corrected chi connectivity index (χ3v) is 5.45. The lowest BCUT2D eigenvalue weighted by Crippen LogP contribution is -2.62. The van der Waals surface area contributed by atoms with Gasteiger partial charge in [-0.1, -0.05) is 18.2 Å². The van der Waals surface area contributed by atoms with Crippen LogP contribution in [0.1, 0.15) is 17.3 Å². The standard InChI is InChI=1S/C20H26INO7/c1-5-8-15(23)29-16-14(28-20(27-4)18(26-3)17(16)25-2)11-22-19(24)12-9-6-7-10-13(12)21/h5-10,14,16-18,20H,11H2,1-4H3,(H,22,24)/b8-5+/t14-,16-,17+,18-,20+/m1/s1. The van der Waals surface area contributed by atoms with Gasteiger partial charge < -0.3 is 29.0 Å². The van der Waals surface area contributed by atoms with Gasteiger partial charge in [0.05, 0.1) is 5.56 Å². The molecule has 5 atom stereocenters. The summed E-state index contributed by atoms with van der Waals surface area (Å²) in [5.74, 6) is -0.795. The molecule has 0 spiro atoms. The number of carbonyl (C=O) groups excluding carboxylic acids is 2. The van der Waals surface area contributed by atoms with Crippen LogP contribution < -0.4 is 5.32 Å². The fraction of sp³-hybridized carbons (Fsp3) is 0.500. The molecule has 1 amide bonds. The van der Waals surface area contributed by atoms with E-state index in [1.54, 1.807) is 25.1 Å². The molecule has 1 aliphatic rings. The van der Waals surface area contributed by atoms with Gasteiger partial charge in [-0.05, 0) is 41.6 Å². The summed E-state index contributed by atoms with van der Waals surface area (Å²) in [6.07, 6.45) is -0.638. The van der Waals surface area contributed by atoms with Crippen molar-refractivity contribution in [2.24, 2.45) is 0 Å².